The van der Waals surface area contributed by atoms with Crippen LogP contribution in [-0.2, 0) is 0 Å². The van der Waals surface area contributed by atoms with Gasteiger partial charge >= 0.3 is 5.97 Å². The third-order valence-electron chi connectivity index (χ3n) is 3.29. The summed E-state index contributed by atoms with van der Waals surface area (Å²) in [5, 5.41) is 14.2. The molecule has 0 amide bonds. The first-order valence-electron chi connectivity index (χ1n) is 6.61. The van der Waals surface area contributed by atoms with E-state index in [1.165, 1.54) is 16.8 Å². The van der Waals surface area contributed by atoms with Gasteiger partial charge in [-0.05, 0) is 42.5 Å². The molecule has 0 radical (unpaired) electrons. The number of nitrogens with zero attached hydrogens (tertiary/aromatic N) is 2. The van der Waals surface area contributed by atoms with E-state index in [0.29, 0.717) is 10.7 Å². The predicted octanol–water partition coefficient (Wildman–Crippen LogP) is 5.34. The molecular weight excluding hydrogens is 378 g/mol. The van der Waals surface area contributed by atoms with Crippen LogP contribution in [0.3, 0.4) is 0 Å². The SMILES string of the molecule is O=C(O)c1cc(-c2cc(F)c(Cl)cc2Cl)nn1-c1ccc(Cl)cc1. The maximum atomic E-state index is 13.7. The van der Waals surface area contributed by atoms with Crippen LogP contribution in [0, 0.1) is 5.82 Å². The third kappa shape index (κ3) is 3.11. The van der Waals surface area contributed by atoms with Gasteiger partial charge in [-0.2, -0.15) is 5.10 Å². The Hall–Kier alpha value is -2.08. The van der Waals surface area contributed by atoms with Gasteiger partial charge in [0.2, 0.25) is 0 Å². The standard InChI is InChI=1S/C16H8Cl3FN2O2/c17-8-1-3-9(4-2-8)22-15(16(23)24)7-14(21-22)10-5-13(20)12(19)6-11(10)18/h1-7H,(H,23,24). The quantitative estimate of drug-likeness (QED) is 0.619. The molecule has 8 heteroatoms. The van der Waals surface area contributed by atoms with E-state index < -0.39 is 11.8 Å². The second kappa shape index (κ2) is 6.43. The van der Waals surface area contributed by atoms with Crippen LogP contribution in [0.5, 0.6) is 0 Å². The molecule has 0 spiro atoms. The van der Waals surface area contributed by atoms with Crippen molar-refractivity contribution in [1.82, 2.24) is 9.78 Å². The Bertz CT molecular complexity index is 939. The third-order valence-corrected chi connectivity index (χ3v) is 4.14. The first-order chi connectivity index (χ1) is 11.4. The van der Waals surface area contributed by atoms with Crippen molar-refractivity contribution < 1.29 is 14.3 Å². The fraction of sp³-hybridized carbons (Fsp3) is 0. The summed E-state index contributed by atoms with van der Waals surface area (Å²) in [6.45, 7) is 0. The van der Waals surface area contributed by atoms with Gasteiger partial charge in [0, 0.05) is 10.6 Å². The number of carbonyl (C=O) groups is 1. The van der Waals surface area contributed by atoms with Gasteiger partial charge in [0.25, 0.3) is 0 Å². The molecule has 0 saturated heterocycles. The van der Waals surface area contributed by atoms with Crippen LogP contribution < -0.4 is 0 Å². The Balaban J connectivity index is 2.18. The van der Waals surface area contributed by atoms with Gasteiger partial charge in [0.15, 0.2) is 5.69 Å². The van der Waals surface area contributed by atoms with Crippen molar-refractivity contribution in [2.75, 3.05) is 0 Å². The van der Waals surface area contributed by atoms with Crippen LogP contribution in [0.15, 0.2) is 42.5 Å². The van der Waals surface area contributed by atoms with E-state index in [4.69, 9.17) is 34.8 Å². The minimum atomic E-state index is -1.19. The van der Waals surface area contributed by atoms with Crippen molar-refractivity contribution in [3.8, 4) is 16.9 Å². The minimum absolute atomic E-state index is 0.0984. The molecule has 0 aliphatic rings. The molecule has 24 heavy (non-hydrogen) atoms. The summed E-state index contributed by atoms with van der Waals surface area (Å²) in [5.74, 6) is -1.86. The number of rotatable bonds is 3. The highest BCUT2D eigenvalue weighted by Gasteiger charge is 2.19. The maximum absolute atomic E-state index is 13.7. The van der Waals surface area contributed by atoms with Crippen LogP contribution >= 0.6 is 34.8 Å². The molecule has 1 N–H and O–H groups in total. The topological polar surface area (TPSA) is 55.1 Å². The Morgan fingerprint density at radius 2 is 1.71 bits per heavy atom. The molecule has 0 atom stereocenters. The monoisotopic (exact) mass is 384 g/mol. The van der Waals surface area contributed by atoms with Crippen LogP contribution in [0.2, 0.25) is 15.1 Å². The summed E-state index contributed by atoms with van der Waals surface area (Å²) in [4.78, 5) is 11.5. The number of halogens is 4. The zero-order valence-electron chi connectivity index (χ0n) is 11.8. The van der Waals surface area contributed by atoms with E-state index in [0.717, 1.165) is 6.07 Å². The average molecular weight is 386 g/mol. The summed E-state index contributed by atoms with van der Waals surface area (Å²) in [6.07, 6.45) is 0. The number of benzene rings is 2. The summed E-state index contributed by atoms with van der Waals surface area (Å²) < 4.78 is 14.9. The lowest BCUT2D eigenvalue weighted by Gasteiger charge is -2.05. The van der Waals surface area contributed by atoms with E-state index >= 15 is 0 Å². The molecule has 0 aliphatic heterocycles. The van der Waals surface area contributed by atoms with Crippen LogP contribution in [0.1, 0.15) is 10.5 Å². The highest BCUT2D eigenvalue weighted by molar-refractivity contribution is 6.36. The van der Waals surface area contributed by atoms with Crippen molar-refractivity contribution in [2.45, 2.75) is 0 Å². The van der Waals surface area contributed by atoms with Gasteiger partial charge in [0.05, 0.1) is 21.4 Å². The first-order valence-corrected chi connectivity index (χ1v) is 7.74. The first kappa shape index (κ1) is 16.8. The molecule has 0 bridgehead atoms. The van der Waals surface area contributed by atoms with Gasteiger partial charge in [-0.1, -0.05) is 34.8 Å². The fourth-order valence-electron chi connectivity index (χ4n) is 2.16. The molecule has 3 aromatic rings. The molecule has 0 fully saturated rings. The minimum Gasteiger partial charge on any atom is -0.477 e. The van der Waals surface area contributed by atoms with E-state index in [2.05, 4.69) is 5.10 Å². The van der Waals surface area contributed by atoms with Gasteiger partial charge in [0.1, 0.15) is 5.82 Å². The zero-order valence-corrected chi connectivity index (χ0v) is 14.1. The molecule has 1 heterocycles. The molecule has 1 aromatic heterocycles. The normalized spacial score (nSPS) is 10.8. The number of carboxylic acid groups (broad SMARTS) is 1. The lowest BCUT2D eigenvalue weighted by Crippen LogP contribution is -2.07. The van der Waals surface area contributed by atoms with Gasteiger partial charge in [-0.15, -0.1) is 0 Å². The van der Waals surface area contributed by atoms with E-state index in [9.17, 15) is 14.3 Å². The van der Waals surface area contributed by atoms with Crippen molar-refractivity contribution >= 4 is 40.8 Å². The molecule has 3 rings (SSSR count). The summed E-state index contributed by atoms with van der Waals surface area (Å²) in [5.41, 5.74) is 0.851. The lowest BCUT2D eigenvalue weighted by molar-refractivity contribution is 0.0687. The molecule has 4 nitrogen and oxygen atoms in total. The number of hydrogen-bond donors (Lipinski definition) is 1. The van der Waals surface area contributed by atoms with E-state index in [1.807, 2.05) is 0 Å². The second-order valence-corrected chi connectivity index (χ2v) is 6.11. The summed E-state index contributed by atoms with van der Waals surface area (Å²) in [6, 6.07) is 10.1. The van der Waals surface area contributed by atoms with Gasteiger partial charge in [-0.3, -0.25) is 0 Å². The smallest absolute Gasteiger partial charge is 0.354 e. The molecular formula is C16H8Cl3FN2O2. The molecule has 2 aromatic carbocycles. The molecule has 0 saturated carbocycles. The molecule has 122 valence electrons. The van der Waals surface area contributed by atoms with Crippen molar-refractivity contribution in [1.29, 1.82) is 0 Å². The van der Waals surface area contributed by atoms with E-state index in [-0.39, 0.29) is 27.0 Å². The second-order valence-electron chi connectivity index (χ2n) is 4.85. The van der Waals surface area contributed by atoms with Crippen LogP contribution in [0.4, 0.5) is 4.39 Å². The average Bonchev–Trinajstić information content (AvgIpc) is 2.97. The van der Waals surface area contributed by atoms with Gasteiger partial charge in [-0.25, -0.2) is 13.9 Å². The Kier molecular flexibility index (Phi) is 4.49. The molecule has 0 aliphatic carbocycles. The molecule has 0 unspecified atom stereocenters. The highest BCUT2D eigenvalue weighted by Crippen LogP contribution is 2.32. The fourth-order valence-corrected chi connectivity index (χ4v) is 2.77. The summed E-state index contributed by atoms with van der Waals surface area (Å²) >= 11 is 17.6. The van der Waals surface area contributed by atoms with Crippen LogP contribution in [-0.4, -0.2) is 20.9 Å². The lowest BCUT2D eigenvalue weighted by atomic mass is 10.1. The van der Waals surface area contributed by atoms with Crippen molar-refractivity contribution in [3.63, 3.8) is 0 Å². The largest absolute Gasteiger partial charge is 0.477 e. The van der Waals surface area contributed by atoms with Crippen molar-refractivity contribution in [2.24, 2.45) is 0 Å². The van der Waals surface area contributed by atoms with E-state index in [1.54, 1.807) is 24.3 Å². The highest BCUT2D eigenvalue weighted by atomic mass is 35.5. The number of hydrogen-bond acceptors (Lipinski definition) is 2. The van der Waals surface area contributed by atoms with Crippen molar-refractivity contribution in [3.05, 3.63) is 69.0 Å². The van der Waals surface area contributed by atoms with Gasteiger partial charge < -0.3 is 5.11 Å². The number of aromatic carboxylic acids is 1. The Morgan fingerprint density at radius 3 is 2.33 bits per heavy atom. The zero-order chi connectivity index (χ0) is 17.4. The Labute approximate surface area is 151 Å². The van der Waals surface area contributed by atoms with Crippen LogP contribution in [0.25, 0.3) is 16.9 Å². The number of aromatic nitrogens is 2. The number of carboxylic acids is 1. The maximum Gasteiger partial charge on any atom is 0.354 e. The Morgan fingerprint density at radius 1 is 1.04 bits per heavy atom. The summed E-state index contributed by atoms with van der Waals surface area (Å²) in [7, 11) is 0. The predicted molar refractivity (Wildman–Crippen MR) is 90.9 cm³/mol.